The van der Waals surface area contributed by atoms with Gasteiger partial charge in [-0.25, -0.2) is 4.89 Å². The summed E-state index contributed by atoms with van der Waals surface area (Å²) in [6.45, 7) is 0. The van der Waals surface area contributed by atoms with E-state index in [4.69, 9.17) is 9.30 Å². The van der Waals surface area contributed by atoms with Gasteiger partial charge in [0.15, 0.2) is 6.10 Å². The molecule has 3 nitrogen and oxygen atoms in total. The summed E-state index contributed by atoms with van der Waals surface area (Å²) in [5.41, 5.74) is 4.67. The molecule has 0 saturated heterocycles. The summed E-state index contributed by atoms with van der Waals surface area (Å²) in [5, 5.41) is 10.6. The van der Waals surface area contributed by atoms with Crippen LogP contribution in [0, 0.1) is 0 Å². The molecule has 1 aromatic heterocycles. The number of furan rings is 1. The van der Waals surface area contributed by atoms with Gasteiger partial charge in [0.05, 0.1) is 0 Å². The molecular formula is C18H14O3. The largest absolute Gasteiger partial charge is 0.458 e. The highest BCUT2D eigenvalue weighted by atomic mass is 17.1. The summed E-state index contributed by atoms with van der Waals surface area (Å²) in [5.74, 6) is 1.30. The lowest BCUT2D eigenvalue weighted by molar-refractivity contribution is -0.292. The highest BCUT2D eigenvalue weighted by Crippen LogP contribution is 2.59. The fourth-order valence-corrected chi connectivity index (χ4v) is 4.19. The second kappa shape index (κ2) is 3.97. The first-order valence-corrected chi connectivity index (χ1v) is 7.29. The van der Waals surface area contributed by atoms with Gasteiger partial charge in [-0.3, -0.25) is 5.26 Å². The van der Waals surface area contributed by atoms with Crippen molar-refractivity contribution in [1.82, 2.24) is 0 Å². The van der Waals surface area contributed by atoms with Crippen LogP contribution in [0.3, 0.4) is 0 Å². The highest BCUT2D eigenvalue weighted by molar-refractivity contribution is 5.84. The summed E-state index contributed by atoms with van der Waals surface area (Å²) in [6.07, 6.45) is 0.563. The molecule has 2 bridgehead atoms. The maximum absolute atomic E-state index is 9.45. The van der Waals surface area contributed by atoms with E-state index in [2.05, 4.69) is 24.3 Å². The molecule has 2 aromatic carbocycles. The Morgan fingerprint density at radius 3 is 2.62 bits per heavy atom. The molecule has 1 heterocycles. The third kappa shape index (κ3) is 1.35. The van der Waals surface area contributed by atoms with Crippen molar-refractivity contribution >= 4 is 11.0 Å². The van der Waals surface area contributed by atoms with Gasteiger partial charge in [0.1, 0.15) is 11.3 Å². The molecular weight excluding hydrogens is 264 g/mol. The second-order valence-electron chi connectivity index (χ2n) is 5.93. The summed E-state index contributed by atoms with van der Waals surface area (Å²) in [4.78, 5) is 4.84. The lowest BCUT2D eigenvalue weighted by Crippen LogP contribution is -2.17. The Hall–Kier alpha value is -2.10. The van der Waals surface area contributed by atoms with E-state index >= 15 is 0 Å². The van der Waals surface area contributed by atoms with E-state index in [-0.39, 0.29) is 5.92 Å². The summed E-state index contributed by atoms with van der Waals surface area (Å²) < 4.78 is 6.02. The predicted octanol–water partition coefficient (Wildman–Crippen LogP) is 4.60. The van der Waals surface area contributed by atoms with E-state index in [9.17, 15) is 5.26 Å². The van der Waals surface area contributed by atoms with Gasteiger partial charge in [-0.1, -0.05) is 42.5 Å². The Bertz CT molecular complexity index is 849. The first-order valence-electron chi connectivity index (χ1n) is 7.29. The van der Waals surface area contributed by atoms with Crippen LogP contribution < -0.4 is 0 Å². The Kier molecular flexibility index (Phi) is 2.18. The minimum Gasteiger partial charge on any atom is -0.458 e. The predicted molar refractivity (Wildman–Crippen MR) is 78.3 cm³/mol. The molecule has 3 atom stereocenters. The van der Waals surface area contributed by atoms with Crippen LogP contribution in [0.4, 0.5) is 0 Å². The molecule has 5 rings (SSSR count). The molecule has 104 valence electrons. The molecule has 0 fully saturated rings. The zero-order valence-electron chi connectivity index (χ0n) is 11.3. The molecule has 2 aliphatic carbocycles. The maximum Gasteiger partial charge on any atom is 0.157 e. The van der Waals surface area contributed by atoms with Crippen LogP contribution in [0.25, 0.3) is 11.0 Å². The van der Waals surface area contributed by atoms with Crippen molar-refractivity contribution < 1.29 is 14.6 Å². The van der Waals surface area contributed by atoms with Gasteiger partial charge in [-0.15, -0.1) is 0 Å². The lowest BCUT2D eigenvalue weighted by Gasteiger charge is -2.25. The molecule has 2 aliphatic rings. The third-order valence-electron chi connectivity index (χ3n) is 5.01. The van der Waals surface area contributed by atoms with E-state index in [0.29, 0.717) is 5.92 Å². The van der Waals surface area contributed by atoms with Crippen molar-refractivity contribution in [3.63, 3.8) is 0 Å². The van der Waals surface area contributed by atoms with Crippen LogP contribution in [0.1, 0.15) is 46.8 Å². The Balaban J connectivity index is 1.87. The van der Waals surface area contributed by atoms with Crippen molar-refractivity contribution in [2.75, 3.05) is 0 Å². The minimum atomic E-state index is -0.410. The first-order chi connectivity index (χ1) is 10.4. The average molecular weight is 278 g/mol. The van der Waals surface area contributed by atoms with Crippen LogP contribution in [-0.2, 0) is 4.89 Å². The monoisotopic (exact) mass is 278 g/mol. The normalized spacial score (nSPS) is 25.9. The molecule has 0 aliphatic heterocycles. The molecule has 0 spiro atoms. The van der Waals surface area contributed by atoms with Crippen molar-refractivity contribution in [3.05, 3.63) is 71.0 Å². The number of hydrogen-bond acceptors (Lipinski definition) is 3. The first kappa shape index (κ1) is 11.5. The zero-order valence-corrected chi connectivity index (χ0v) is 11.3. The molecule has 0 unspecified atom stereocenters. The van der Waals surface area contributed by atoms with Crippen molar-refractivity contribution in [2.45, 2.75) is 24.4 Å². The van der Waals surface area contributed by atoms with Crippen molar-refractivity contribution in [3.8, 4) is 0 Å². The van der Waals surface area contributed by atoms with Gasteiger partial charge < -0.3 is 4.42 Å². The number of para-hydroxylation sites is 1. The van der Waals surface area contributed by atoms with Gasteiger partial charge in [0, 0.05) is 22.8 Å². The van der Waals surface area contributed by atoms with Crippen LogP contribution in [0.15, 0.2) is 52.9 Å². The van der Waals surface area contributed by atoms with Crippen LogP contribution >= 0.6 is 0 Å². The Morgan fingerprint density at radius 1 is 1.00 bits per heavy atom. The molecule has 0 amide bonds. The number of rotatable bonds is 1. The molecule has 3 aromatic rings. The highest BCUT2D eigenvalue weighted by Gasteiger charge is 2.47. The van der Waals surface area contributed by atoms with E-state index < -0.39 is 6.10 Å². The topological polar surface area (TPSA) is 42.6 Å². The number of fused-ring (bicyclic) bond motifs is 9. The van der Waals surface area contributed by atoms with E-state index in [1.165, 1.54) is 16.7 Å². The van der Waals surface area contributed by atoms with E-state index in [1.54, 1.807) is 0 Å². The number of hydrogen-bond donors (Lipinski definition) is 1. The fraction of sp³-hybridized carbons (Fsp3) is 0.222. The van der Waals surface area contributed by atoms with Crippen LogP contribution in [0.2, 0.25) is 0 Å². The average Bonchev–Trinajstić information content (AvgIpc) is 3.06. The maximum atomic E-state index is 9.45. The van der Waals surface area contributed by atoms with Gasteiger partial charge in [-0.05, 0) is 23.6 Å². The number of benzene rings is 2. The quantitative estimate of drug-likeness (QED) is 0.522. The molecule has 1 N–H and O–H groups in total. The minimum absolute atomic E-state index is 0.171. The van der Waals surface area contributed by atoms with Gasteiger partial charge >= 0.3 is 0 Å². The molecule has 0 radical (unpaired) electrons. The summed E-state index contributed by atoms with van der Waals surface area (Å²) >= 11 is 0. The van der Waals surface area contributed by atoms with Gasteiger partial charge in [0.2, 0.25) is 0 Å². The van der Waals surface area contributed by atoms with E-state index in [1.807, 2.05) is 24.3 Å². The fourth-order valence-electron chi connectivity index (χ4n) is 4.19. The third-order valence-corrected chi connectivity index (χ3v) is 5.01. The zero-order chi connectivity index (χ0) is 14.0. The summed E-state index contributed by atoms with van der Waals surface area (Å²) in [6, 6.07) is 16.5. The molecule has 0 saturated carbocycles. The van der Waals surface area contributed by atoms with Gasteiger partial charge in [-0.2, -0.15) is 0 Å². The Labute approximate surface area is 121 Å². The van der Waals surface area contributed by atoms with Crippen LogP contribution in [-0.4, -0.2) is 5.26 Å². The van der Waals surface area contributed by atoms with Crippen molar-refractivity contribution in [2.24, 2.45) is 0 Å². The molecule has 21 heavy (non-hydrogen) atoms. The van der Waals surface area contributed by atoms with Crippen molar-refractivity contribution in [1.29, 1.82) is 0 Å². The van der Waals surface area contributed by atoms with Crippen LogP contribution in [0.5, 0.6) is 0 Å². The SMILES string of the molecule is OO[C@@H]1c2oc3ccccc3c2[C@@H]2C[C@H]1c1ccccc12. The smallest absolute Gasteiger partial charge is 0.157 e. The summed E-state index contributed by atoms with van der Waals surface area (Å²) in [7, 11) is 0. The standard InChI is InChI=1S/C18H14O3/c19-21-17-14-9-13(10-5-1-2-6-11(10)14)16-12-7-3-4-8-15(12)20-18(16)17/h1-8,13-14,17,19H,9H2/t13-,14+,17+/m1/s1. The van der Waals surface area contributed by atoms with Gasteiger partial charge in [0.25, 0.3) is 0 Å². The Morgan fingerprint density at radius 2 is 1.76 bits per heavy atom. The van der Waals surface area contributed by atoms with E-state index in [0.717, 1.165) is 23.2 Å². The second-order valence-corrected chi connectivity index (χ2v) is 5.93. The lowest BCUT2D eigenvalue weighted by atomic mass is 9.82. The molecule has 3 heteroatoms.